The van der Waals surface area contributed by atoms with Crippen molar-refractivity contribution in [1.29, 1.82) is 0 Å². The second-order valence-electron chi connectivity index (χ2n) is 2.64. The summed E-state index contributed by atoms with van der Waals surface area (Å²) >= 11 is 0. The van der Waals surface area contributed by atoms with E-state index in [1.54, 1.807) is 0 Å². The summed E-state index contributed by atoms with van der Waals surface area (Å²) in [5, 5.41) is 7.92. The first-order valence-electron chi connectivity index (χ1n) is 3.74. The minimum Gasteiger partial charge on any atom is -0.330 e. The third-order valence-corrected chi connectivity index (χ3v) is 1.62. The molecule has 0 saturated carbocycles. The lowest BCUT2D eigenvalue weighted by molar-refractivity contribution is 0.872. The minimum atomic E-state index is 0.673. The van der Waals surface area contributed by atoms with Crippen molar-refractivity contribution in [2.75, 3.05) is 6.54 Å². The third-order valence-electron chi connectivity index (χ3n) is 1.62. The molecule has 1 rings (SSSR count). The predicted octanol–water partition coefficient (Wildman–Crippen LogP) is 0.595. The van der Waals surface area contributed by atoms with Crippen LogP contribution in [-0.2, 0) is 6.42 Å². The van der Waals surface area contributed by atoms with E-state index >= 15 is 0 Å². The van der Waals surface area contributed by atoms with Gasteiger partial charge in [0.1, 0.15) is 0 Å². The highest BCUT2D eigenvalue weighted by Crippen LogP contribution is 2.04. The Morgan fingerprint density at radius 3 is 2.73 bits per heavy atom. The summed E-state index contributed by atoms with van der Waals surface area (Å²) in [7, 11) is 0. The van der Waals surface area contributed by atoms with E-state index in [-0.39, 0.29) is 0 Å². The van der Waals surface area contributed by atoms with Crippen LogP contribution < -0.4 is 5.73 Å². The molecular formula is C8H13N3. The molecule has 60 valence electrons. The molecule has 0 saturated heterocycles. The lowest BCUT2D eigenvalue weighted by atomic mass is 10.1. The highest BCUT2D eigenvalue weighted by atomic mass is 15.1. The molecule has 0 fully saturated rings. The fourth-order valence-electron chi connectivity index (χ4n) is 1.01. The van der Waals surface area contributed by atoms with Crippen LogP contribution in [0.5, 0.6) is 0 Å². The van der Waals surface area contributed by atoms with Gasteiger partial charge in [-0.2, -0.15) is 10.2 Å². The van der Waals surface area contributed by atoms with E-state index in [0.717, 1.165) is 17.8 Å². The van der Waals surface area contributed by atoms with E-state index in [1.165, 1.54) is 5.56 Å². The maximum atomic E-state index is 5.43. The van der Waals surface area contributed by atoms with Gasteiger partial charge in [-0.3, -0.25) is 0 Å². The van der Waals surface area contributed by atoms with Crippen LogP contribution in [0.3, 0.4) is 0 Å². The fourth-order valence-corrected chi connectivity index (χ4v) is 1.01. The van der Waals surface area contributed by atoms with Gasteiger partial charge in [0.15, 0.2) is 0 Å². The Labute approximate surface area is 66.6 Å². The average molecular weight is 151 g/mol. The van der Waals surface area contributed by atoms with Crippen LogP contribution in [0.1, 0.15) is 17.0 Å². The summed E-state index contributed by atoms with van der Waals surface area (Å²) in [6.45, 7) is 4.57. The first-order chi connectivity index (χ1) is 5.24. The van der Waals surface area contributed by atoms with Crippen LogP contribution in [0, 0.1) is 13.8 Å². The molecule has 0 aliphatic heterocycles. The monoisotopic (exact) mass is 151 g/mol. The molecule has 0 atom stereocenters. The van der Waals surface area contributed by atoms with Gasteiger partial charge in [0.05, 0.1) is 11.4 Å². The second kappa shape index (κ2) is 3.44. The molecule has 0 aliphatic rings. The number of rotatable bonds is 2. The summed E-state index contributed by atoms with van der Waals surface area (Å²) in [6.07, 6.45) is 0.891. The number of nitrogens with two attached hydrogens (primary N) is 1. The summed E-state index contributed by atoms with van der Waals surface area (Å²) in [4.78, 5) is 0. The Bertz CT molecular complexity index is 245. The van der Waals surface area contributed by atoms with Gasteiger partial charge in [-0.1, -0.05) is 0 Å². The summed E-state index contributed by atoms with van der Waals surface area (Å²) < 4.78 is 0. The number of aryl methyl sites for hydroxylation is 2. The average Bonchev–Trinajstić information content (AvgIpc) is 1.98. The zero-order valence-corrected chi connectivity index (χ0v) is 6.96. The Morgan fingerprint density at radius 1 is 1.36 bits per heavy atom. The fraction of sp³-hybridized carbons (Fsp3) is 0.500. The normalized spacial score (nSPS) is 10.1. The number of aromatic nitrogens is 2. The van der Waals surface area contributed by atoms with Crippen LogP contribution in [0.4, 0.5) is 0 Å². The van der Waals surface area contributed by atoms with Gasteiger partial charge in [0, 0.05) is 0 Å². The van der Waals surface area contributed by atoms with Crippen molar-refractivity contribution >= 4 is 0 Å². The molecule has 1 aromatic heterocycles. The van der Waals surface area contributed by atoms with Gasteiger partial charge in [0.25, 0.3) is 0 Å². The smallest absolute Gasteiger partial charge is 0.0632 e. The molecule has 0 unspecified atom stereocenters. The Hall–Kier alpha value is -0.960. The van der Waals surface area contributed by atoms with E-state index in [0.29, 0.717) is 6.54 Å². The largest absolute Gasteiger partial charge is 0.330 e. The van der Waals surface area contributed by atoms with Crippen molar-refractivity contribution in [2.24, 2.45) is 5.73 Å². The van der Waals surface area contributed by atoms with Gasteiger partial charge in [0.2, 0.25) is 0 Å². The predicted molar refractivity (Wildman–Crippen MR) is 44.3 cm³/mol. The van der Waals surface area contributed by atoms with E-state index in [4.69, 9.17) is 5.73 Å². The maximum Gasteiger partial charge on any atom is 0.0632 e. The van der Waals surface area contributed by atoms with Crippen LogP contribution in [0.25, 0.3) is 0 Å². The van der Waals surface area contributed by atoms with Gasteiger partial charge >= 0.3 is 0 Å². The first-order valence-corrected chi connectivity index (χ1v) is 3.74. The van der Waals surface area contributed by atoms with Crippen LogP contribution in [-0.4, -0.2) is 16.7 Å². The van der Waals surface area contributed by atoms with Crippen molar-refractivity contribution in [3.63, 3.8) is 0 Å². The van der Waals surface area contributed by atoms with Crippen molar-refractivity contribution in [3.8, 4) is 0 Å². The second-order valence-corrected chi connectivity index (χ2v) is 2.64. The number of nitrogens with zero attached hydrogens (tertiary/aromatic N) is 2. The van der Waals surface area contributed by atoms with Gasteiger partial charge in [-0.05, 0) is 38.4 Å². The van der Waals surface area contributed by atoms with Gasteiger partial charge < -0.3 is 5.73 Å². The Kier molecular flexibility index (Phi) is 2.54. The lowest BCUT2D eigenvalue weighted by Crippen LogP contribution is -2.06. The molecule has 1 heterocycles. The van der Waals surface area contributed by atoms with Crippen LogP contribution in [0.2, 0.25) is 0 Å². The molecule has 0 aromatic carbocycles. The van der Waals surface area contributed by atoms with E-state index in [9.17, 15) is 0 Å². The quantitative estimate of drug-likeness (QED) is 0.673. The molecule has 0 radical (unpaired) electrons. The van der Waals surface area contributed by atoms with Crippen LogP contribution in [0.15, 0.2) is 6.07 Å². The van der Waals surface area contributed by atoms with Gasteiger partial charge in [-0.25, -0.2) is 0 Å². The molecule has 3 nitrogen and oxygen atoms in total. The molecule has 1 aromatic rings. The Balaban J connectivity index is 2.93. The standard InChI is InChI=1S/C8H13N3/c1-6-5-8(3-4-9)7(2)11-10-6/h5H,3-4,9H2,1-2H3. The molecule has 11 heavy (non-hydrogen) atoms. The highest BCUT2D eigenvalue weighted by molar-refractivity contribution is 5.19. The minimum absolute atomic E-state index is 0.673. The molecule has 0 spiro atoms. The van der Waals surface area contributed by atoms with Gasteiger partial charge in [-0.15, -0.1) is 0 Å². The molecule has 0 bridgehead atoms. The van der Waals surface area contributed by atoms with Crippen molar-refractivity contribution in [3.05, 3.63) is 23.0 Å². The third kappa shape index (κ3) is 1.98. The van der Waals surface area contributed by atoms with Crippen molar-refractivity contribution < 1.29 is 0 Å². The highest BCUT2D eigenvalue weighted by Gasteiger charge is 1.98. The maximum absolute atomic E-state index is 5.43. The SMILES string of the molecule is Cc1cc(CCN)c(C)nn1. The zero-order chi connectivity index (χ0) is 8.27. The number of hydrogen-bond donors (Lipinski definition) is 1. The summed E-state index contributed by atoms with van der Waals surface area (Å²) in [6, 6.07) is 2.04. The zero-order valence-electron chi connectivity index (χ0n) is 6.96. The first kappa shape index (κ1) is 8.14. The van der Waals surface area contributed by atoms with E-state index in [1.807, 2.05) is 19.9 Å². The molecule has 2 N–H and O–H groups in total. The molecule has 0 aliphatic carbocycles. The molecule has 0 amide bonds. The van der Waals surface area contributed by atoms with Crippen molar-refractivity contribution in [1.82, 2.24) is 10.2 Å². The number of hydrogen-bond acceptors (Lipinski definition) is 3. The topological polar surface area (TPSA) is 51.8 Å². The van der Waals surface area contributed by atoms with Crippen molar-refractivity contribution in [2.45, 2.75) is 20.3 Å². The van der Waals surface area contributed by atoms with E-state index in [2.05, 4.69) is 10.2 Å². The Morgan fingerprint density at radius 2 is 2.09 bits per heavy atom. The molecular weight excluding hydrogens is 138 g/mol. The molecule has 3 heteroatoms. The summed E-state index contributed by atoms with van der Waals surface area (Å²) in [5.41, 5.74) is 8.58. The lowest BCUT2D eigenvalue weighted by Gasteiger charge is -2.01. The van der Waals surface area contributed by atoms with E-state index < -0.39 is 0 Å². The van der Waals surface area contributed by atoms with Crippen LogP contribution >= 0.6 is 0 Å². The summed E-state index contributed by atoms with van der Waals surface area (Å²) in [5.74, 6) is 0.